The molecule has 0 unspecified atom stereocenters. The van der Waals surface area contributed by atoms with E-state index in [9.17, 15) is 4.79 Å². The molecule has 1 aromatic heterocycles. The van der Waals surface area contributed by atoms with Gasteiger partial charge in [0.2, 0.25) is 0 Å². The number of likely N-dealkylation sites (tertiary alicyclic amines) is 1. The normalized spacial score (nSPS) is 18.4. The Kier molecular flexibility index (Phi) is 6.62. The molecule has 1 saturated heterocycles. The molecule has 0 atom stereocenters. The quantitative estimate of drug-likeness (QED) is 0.755. The van der Waals surface area contributed by atoms with E-state index >= 15 is 0 Å². The standard InChI is InChI=1S/C23H32N4O2/c28-14-11-25-20-9-12-26(13-10-20)23(29)22-15-24-17-27(22)16-19-7-3-4-8-21(19)18-5-1-2-6-18/h3-4,7-8,15,17-18,20,25,28H,1-2,5-6,9-14,16H2. The summed E-state index contributed by atoms with van der Waals surface area (Å²) in [6.07, 6.45) is 10.5. The van der Waals surface area contributed by atoms with Crippen molar-refractivity contribution in [2.75, 3.05) is 26.2 Å². The average molecular weight is 397 g/mol. The molecule has 1 aliphatic carbocycles. The van der Waals surface area contributed by atoms with Crippen LogP contribution in [0.15, 0.2) is 36.8 Å². The number of aliphatic hydroxyl groups is 1. The zero-order valence-electron chi connectivity index (χ0n) is 17.1. The monoisotopic (exact) mass is 396 g/mol. The molecule has 2 fully saturated rings. The van der Waals surface area contributed by atoms with Crippen LogP contribution < -0.4 is 5.32 Å². The highest BCUT2D eigenvalue weighted by Gasteiger charge is 2.26. The van der Waals surface area contributed by atoms with Crippen LogP contribution in [0.5, 0.6) is 0 Å². The van der Waals surface area contributed by atoms with E-state index in [1.165, 1.54) is 36.8 Å². The fourth-order valence-electron chi connectivity index (χ4n) is 4.84. The molecule has 2 aromatic rings. The molecule has 156 valence electrons. The number of aliphatic hydroxyl groups excluding tert-OH is 1. The molecule has 0 spiro atoms. The van der Waals surface area contributed by atoms with Gasteiger partial charge in [-0.1, -0.05) is 37.1 Å². The van der Waals surface area contributed by atoms with Crippen molar-refractivity contribution in [2.24, 2.45) is 0 Å². The highest BCUT2D eigenvalue weighted by Crippen LogP contribution is 2.36. The van der Waals surface area contributed by atoms with Crippen molar-refractivity contribution >= 4 is 5.91 Å². The molecule has 29 heavy (non-hydrogen) atoms. The van der Waals surface area contributed by atoms with E-state index in [2.05, 4.69) is 34.6 Å². The van der Waals surface area contributed by atoms with Gasteiger partial charge in [0, 0.05) is 32.2 Å². The molecule has 6 nitrogen and oxygen atoms in total. The maximum Gasteiger partial charge on any atom is 0.272 e. The van der Waals surface area contributed by atoms with Crippen LogP contribution in [-0.2, 0) is 6.54 Å². The third-order valence-electron chi connectivity index (χ3n) is 6.45. The van der Waals surface area contributed by atoms with Crippen LogP contribution in [0.4, 0.5) is 0 Å². The Hall–Kier alpha value is -2.18. The molecule has 0 bridgehead atoms. The number of nitrogens with one attached hydrogen (secondary N) is 1. The molecule has 1 aliphatic heterocycles. The van der Waals surface area contributed by atoms with Crippen molar-refractivity contribution in [1.29, 1.82) is 0 Å². The number of amides is 1. The second-order valence-corrected chi connectivity index (χ2v) is 8.33. The third kappa shape index (κ3) is 4.70. The molecular formula is C23H32N4O2. The molecule has 2 aliphatic rings. The maximum absolute atomic E-state index is 13.1. The number of carbonyl (C=O) groups excluding carboxylic acids is 1. The van der Waals surface area contributed by atoms with E-state index in [1.807, 2.05) is 9.47 Å². The highest BCUT2D eigenvalue weighted by molar-refractivity contribution is 5.92. The lowest BCUT2D eigenvalue weighted by Crippen LogP contribution is -2.45. The SMILES string of the molecule is O=C(c1cncn1Cc1ccccc1C1CCCC1)N1CCC(NCCO)CC1. The van der Waals surface area contributed by atoms with Crippen molar-refractivity contribution in [3.63, 3.8) is 0 Å². The molecule has 1 saturated carbocycles. The summed E-state index contributed by atoms with van der Waals surface area (Å²) in [6.45, 7) is 2.95. The number of rotatable bonds is 7. The summed E-state index contributed by atoms with van der Waals surface area (Å²) >= 11 is 0. The first-order chi connectivity index (χ1) is 14.3. The van der Waals surface area contributed by atoms with Crippen LogP contribution in [0.25, 0.3) is 0 Å². The number of hydrogen-bond donors (Lipinski definition) is 2. The van der Waals surface area contributed by atoms with E-state index in [1.54, 1.807) is 12.5 Å². The van der Waals surface area contributed by atoms with E-state index in [4.69, 9.17) is 5.11 Å². The van der Waals surface area contributed by atoms with Crippen molar-refractivity contribution in [3.05, 3.63) is 53.6 Å². The van der Waals surface area contributed by atoms with Crippen LogP contribution >= 0.6 is 0 Å². The zero-order valence-corrected chi connectivity index (χ0v) is 17.1. The number of benzene rings is 1. The fraction of sp³-hybridized carbons (Fsp3) is 0.565. The number of nitrogens with zero attached hydrogens (tertiary/aromatic N) is 3. The van der Waals surface area contributed by atoms with Crippen LogP contribution in [0, 0.1) is 0 Å². The van der Waals surface area contributed by atoms with Gasteiger partial charge in [-0.25, -0.2) is 4.98 Å². The molecule has 2 heterocycles. The van der Waals surface area contributed by atoms with Crippen molar-refractivity contribution in [1.82, 2.24) is 19.8 Å². The van der Waals surface area contributed by atoms with Gasteiger partial charge in [-0.05, 0) is 42.7 Å². The summed E-state index contributed by atoms with van der Waals surface area (Å²) < 4.78 is 2.01. The van der Waals surface area contributed by atoms with Gasteiger partial charge in [-0.3, -0.25) is 4.79 Å². The molecule has 1 aromatic carbocycles. The molecule has 1 amide bonds. The summed E-state index contributed by atoms with van der Waals surface area (Å²) in [7, 11) is 0. The first-order valence-electron chi connectivity index (χ1n) is 11.0. The van der Waals surface area contributed by atoms with Crippen molar-refractivity contribution < 1.29 is 9.90 Å². The average Bonchev–Trinajstić information content (AvgIpc) is 3.45. The Morgan fingerprint density at radius 1 is 1.14 bits per heavy atom. The predicted molar refractivity (Wildman–Crippen MR) is 113 cm³/mol. The minimum atomic E-state index is 0.0708. The number of imidazole rings is 1. The summed E-state index contributed by atoms with van der Waals surface area (Å²) in [5, 5.41) is 12.3. The number of aromatic nitrogens is 2. The Labute approximate surface area is 172 Å². The Morgan fingerprint density at radius 2 is 1.90 bits per heavy atom. The molecule has 2 N–H and O–H groups in total. The number of piperidine rings is 1. The molecule has 4 rings (SSSR count). The third-order valence-corrected chi connectivity index (χ3v) is 6.45. The number of hydrogen-bond acceptors (Lipinski definition) is 4. The van der Waals surface area contributed by atoms with Gasteiger partial charge < -0.3 is 19.9 Å². The lowest BCUT2D eigenvalue weighted by atomic mass is 9.93. The second-order valence-electron chi connectivity index (χ2n) is 8.33. The minimum absolute atomic E-state index is 0.0708. The van der Waals surface area contributed by atoms with Gasteiger partial charge in [0.25, 0.3) is 5.91 Å². The van der Waals surface area contributed by atoms with Gasteiger partial charge in [-0.2, -0.15) is 0 Å². The summed E-state index contributed by atoms with van der Waals surface area (Å²) in [4.78, 5) is 19.4. The summed E-state index contributed by atoms with van der Waals surface area (Å²) in [5.74, 6) is 0.723. The molecule has 0 radical (unpaired) electrons. The number of carbonyl (C=O) groups is 1. The van der Waals surface area contributed by atoms with Gasteiger partial charge in [0.05, 0.1) is 19.1 Å². The van der Waals surface area contributed by atoms with E-state index in [0.29, 0.717) is 30.7 Å². The Balaban J connectivity index is 1.44. The highest BCUT2D eigenvalue weighted by atomic mass is 16.3. The van der Waals surface area contributed by atoms with Crippen LogP contribution in [-0.4, -0.2) is 57.7 Å². The largest absolute Gasteiger partial charge is 0.395 e. The Bertz CT molecular complexity index is 805. The smallest absolute Gasteiger partial charge is 0.272 e. The lowest BCUT2D eigenvalue weighted by Gasteiger charge is -2.32. The second kappa shape index (κ2) is 9.55. The van der Waals surface area contributed by atoms with E-state index in [0.717, 1.165) is 25.9 Å². The van der Waals surface area contributed by atoms with Gasteiger partial charge in [0.15, 0.2) is 0 Å². The molecule has 6 heteroatoms. The van der Waals surface area contributed by atoms with Crippen LogP contribution in [0.3, 0.4) is 0 Å². The van der Waals surface area contributed by atoms with Gasteiger partial charge in [-0.15, -0.1) is 0 Å². The fourth-order valence-corrected chi connectivity index (χ4v) is 4.84. The first kappa shape index (κ1) is 20.1. The van der Waals surface area contributed by atoms with Crippen molar-refractivity contribution in [2.45, 2.75) is 57.0 Å². The van der Waals surface area contributed by atoms with E-state index < -0.39 is 0 Å². The minimum Gasteiger partial charge on any atom is -0.395 e. The topological polar surface area (TPSA) is 70.4 Å². The Morgan fingerprint density at radius 3 is 2.66 bits per heavy atom. The van der Waals surface area contributed by atoms with Crippen LogP contribution in [0.1, 0.15) is 66.1 Å². The maximum atomic E-state index is 13.1. The molecular weight excluding hydrogens is 364 g/mol. The first-order valence-corrected chi connectivity index (χ1v) is 11.0. The van der Waals surface area contributed by atoms with Crippen molar-refractivity contribution in [3.8, 4) is 0 Å². The zero-order chi connectivity index (χ0) is 20.1. The van der Waals surface area contributed by atoms with Crippen LogP contribution in [0.2, 0.25) is 0 Å². The van der Waals surface area contributed by atoms with E-state index in [-0.39, 0.29) is 12.5 Å². The summed E-state index contributed by atoms with van der Waals surface area (Å²) in [6, 6.07) is 9.06. The lowest BCUT2D eigenvalue weighted by molar-refractivity contribution is 0.0693. The predicted octanol–water partition coefficient (Wildman–Crippen LogP) is 2.78. The summed E-state index contributed by atoms with van der Waals surface area (Å²) in [5.41, 5.74) is 3.42. The van der Waals surface area contributed by atoms with Gasteiger partial charge in [0.1, 0.15) is 5.69 Å². The van der Waals surface area contributed by atoms with Gasteiger partial charge >= 0.3 is 0 Å².